The molecule has 4 rings (SSSR count). The number of anilines is 1. The standard InChI is InChI=1S/C14H21N5/c1-2-11-9-19(7-6-18(11)5-1)14-12-8-15-4-3-13(12)16-10-17-14/h10-11,15H,1-9H2. The molecule has 4 heterocycles. The molecule has 3 aliphatic heterocycles. The normalized spacial score (nSPS) is 27.2. The van der Waals surface area contributed by atoms with Gasteiger partial charge in [0.05, 0.1) is 5.69 Å². The molecule has 0 aromatic carbocycles. The molecule has 102 valence electrons. The fourth-order valence-electron chi connectivity index (χ4n) is 3.71. The highest BCUT2D eigenvalue weighted by atomic mass is 15.3. The molecule has 1 aromatic heterocycles. The van der Waals surface area contributed by atoms with E-state index in [1.807, 2.05) is 0 Å². The first-order chi connectivity index (χ1) is 9.42. The summed E-state index contributed by atoms with van der Waals surface area (Å²) in [4.78, 5) is 14.2. The number of hydrogen-bond donors (Lipinski definition) is 1. The van der Waals surface area contributed by atoms with Gasteiger partial charge in [0.1, 0.15) is 12.1 Å². The average Bonchev–Trinajstić information content (AvgIpc) is 2.94. The van der Waals surface area contributed by atoms with Gasteiger partial charge in [-0.25, -0.2) is 9.97 Å². The van der Waals surface area contributed by atoms with Crippen LogP contribution in [0.1, 0.15) is 24.1 Å². The van der Waals surface area contributed by atoms with Gasteiger partial charge in [0.2, 0.25) is 0 Å². The monoisotopic (exact) mass is 259 g/mol. The number of aromatic nitrogens is 2. The minimum atomic E-state index is 0.746. The van der Waals surface area contributed by atoms with Crippen molar-refractivity contribution >= 4 is 5.82 Å². The maximum absolute atomic E-state index is 4.59. The van der Waals surface area contributed by atoms with E-state index in [-0.39, 0.29) is 0 Å². The van der Waals surface area contributed by atoms with E-state index in [1.54, 1.807) is 6.33 Å². The van der Waals surface area contributed by atoms with Gasteiger partial charge in [-0.2, -0.15) is 0 Å². The Kier molecular flexibility index (Phi) is 2.89. The molecule has 5 heteroatoms. The number of piperazine rings is 1. The van der Waals surface area contributed by atoms with Crippen molar-refractivity contribution in [2.24, 2.45) is 0 Å². The molecule has 1 unspecified atom stereocenters. The Hall–Kier alpha value is -1.20. The molecule has 0 spiro atoms. The summed E-state index contributed by atoms with van der Waals surface area (Å²) in [6.45, 7) is 6.71. The minimum absolute atomic E-state index is 0.746. The first-order valence-corrected chi connectivity index (χ1v) is 7.44. The number of nitrogens with zero attached hydrogens (tertiary/aromatic N) is 4. The van der Waals surface area contributed by atoms with Gasteiger partial charge in [-0.05, 0) is 19.4 Å². The minimum Gasteiger partial charge on any atom is -0.353 e. The zero-order chi connectivity index (χ0) is 12.7. The van der Waals surface area contributed by atoms with Crippen LogP contribution in [0.3, 0.4) is 0 Å². The molecule has 1 N–H and O–H groups in total. The van der Waals surface area contributed by atoms with Crippen molar-refractivity contribution in [2.75, 3.05) is 37.6 Å². The molecule has 0 amide bonds. The van der Waals surface area contributed by atoms with E-state index in [1.165, 1.54) is 43.0 Å². The Balaban J connectivity index is 1.62. The van der Waals surface area contributed by atoms with Crippen LogP contribution in [0.4, 0.5) is 5.82 Å². The van der Waals surface area contributed by atoms with Gasteiger partial charge in [0, 0.05) is 50.7 Å². The smallest absolute Gasteiger partial charge is 0.136 e. The van der Waals surface area contributed by atoms with Gasteiger partial charge < -0.3 is 10.2 Å². The Morgan fingerprint density at radius 2 is 2.21 bits per heavy atom. The van der Waals surface area contributed by atoms with Crippen LogP contribution in [0.2, 0.25) is 0 Å². The van der Waals surface area contributed by atoms with Crippen molar-refractivity contribution in [1.82, 2.24) is 20.2 Å². The summed E-state index contributed by atoms with van der Waals surface area (Å²) in [5.41, 5.74) is 2.58. The molecule has 0 bridgehead atoms. The van der Waals surface area contributed by atoms with Crippen LogP contribution >= 0.6 is 0 Å². The number of rotatable bonds is 1. The van der Waals surface area contributed by atoms with Crippen molar-refractivity contribution < 1.29 is 0 Å². The molecule has 3 aliphatic rings. The van der Waals surface area contributed by atoms with Crippen LogP contribution in [0.25, 0.3) is 0 Å². The zero-order valence-corrected chi connectivity index (χ0v) is 11.3. The Labute approximate surface area is 114 Å². The summed E-state index contributed by atoms with van der Waals surface area (Å²) in [5, 5.41) is 3.45. The topological polar surface area (TPSA) is 44.3 Å². The van der Waals surface area contributed by atoms with E-state index in [0.717, 1.165) is 38.6 Å². The third-order valence-corrected chi connectivity index (χ3v) is 4.74. The van der Waals surface area contributed by atoms with E-state index < -0.39 is 0 Å². The van der Waals surface area contributed by atoms with Crippen LogP contribution in [-0.2, 0) is 13.0 Å². The van der Waals surface area contributed by atoms with Crippen LogP contribution in [0, 0.1) is 0 Å². The first kappa shape index (κ1) is 11.6. The molecule has 1 atom stereocenters. The molecule has 0 radical (unpaired) electrons. The lowest BCUT2D eigenvalue weighted by Gasteiger charge is -2.39. The van der Waals surface area contributed by atoms with E-state index in [4.69, 9.17) is 0 Å². The maximum Gasteiger partial charge on any atom is 0.136 e. The lowest BCUT2D eigenvalue weighted by atomic mass is 10.1. The van der Waals surface area contributed by atoms with Crippen LogP contribution in [-0.4, -0.2) is 53.6 Å². The van der Waals surface area contributed by atoms with Crippen molar-refractivity contribution in [1.29, 1.82) is 0 Å². The molecule has 2 saturated heterocycles. The van der Waals surface area contributed by atoms with Crippen molar-refractivity contribution in [3.63, 3.8) is 0 Å². The Bertz CT molecular complexity index is 475. The Morgan fingerprint density at radius 3 is 3.21 bits per heavy atom. The Morgan fingerprint density at radius 1 is 1.21 bits per heavy atom. The van der Waals surface area contributed by atoms with E-state index in [2.05, 4.69) is 25.1 Å². The van der Waals surface area contributed by atoms with Gasteiger partial charge in [-0.3, -0.25) is 4.90 Å². The molecule has 0 aliphatic carbocycles. The number of nitrogens with one attached hydrogen (secondary N) is 1. The van der Waals surface area contributed by atoms with E-state index in [0.29, 0.717) is 0 Å². The van der Waals surface area contributed by atoms with Crippen molar-refractivity contribution in [3.05, 3.63) is 17.6 Å². The third kappa shape index (κ3) is 2.01. The zero-order valence-electron chi connectivity index (χ0n) is 11.3. The predicted molar refractivity (Wildman–Crippen MR) is 74.3 cm³/mol. The summed E-state index contributed by atoms with van der Waals surface area (Å²) in [6, 6.07) is 0.746. The highest BCUT2D eigenvalue weighted by Gasteiger charge is 2.32. The molecule has 2 fully saturated rings. The number of fused-ring (bicyclic) bond motifs is 2. The van der Waals surface area contributed by atoms with Crippen molar-refractivity contribution in [3.8, 4) is 0 Å². The maximum atomic E-state index is 4.59. The lowest BCUT2D eigenvalue weighted by molar-refractivity contribution is 0.230. The second-order valence-corrected chi connectivity index (χ2v) is 5.83. The van der Waals surface area contributed by atoms with Gasteiger partial charge in [-0.15, -0.1) is 0 Å². The van der Waals surface area contributed by atoms with Crippen molar-refractivity contribution in [2.45, 2.75) is 31.8 Å². The fraction of sp³-hybridized carbons (Fsp3) is 0.714. The van der Waals surface area contributed by atoms with Crippen LogP contribution in [0.5, 0.6) is 0 Å². The highest BCUT2D eigenvalue weighted by molar-refractivity contribution is 5.50. The summed E-state index contributed by atoms with van der Waals surface area (Å²) in [6.07, 6.45) is 5.50. The summed E-state index contributed by atoms with van der Waals surface area (Å²) in [5.74, 6) is 1.18. The molecule has 0 saturated carbocycles. The highest BCUT2D eigenvalue weighted by Crippen LogP contribution is 2.28. The van der Waals surface area contributed by atoms with Gasteiger partial charge in [0.25, 0.3) is 0 Å². The summed E-state index contributed by atoms with van der Waals surface area (Å²) in [7, 11) is 0. The van der Waals surface area contributed by atoms with E-state index >= 15 is 0 Å². The molecule has 1 aromatic rings. The van der Waals surface area contributed by atoms with Crippen LogP contribution in [0.15, 0.2) is 6.33 Å². The number of hydrogen-bond acceptors (Lipinski definition) is 5. The van der Waals surface area contributed by atoms with E-state index in [9.17, 15) is 0 Å². The van der Waals surface area contributed by atoms with Gasteiger partial charge >= 0.3 is 0 Å². The van der Waals surface area contributed by atoms with Gasteiger partial charge in [-0.1, -0.05) is 0 Å². The third-order valence-electron chi connectivity index (χ3n) is 4.74. The van der Waals surface area contributed by atoms with Crippen LogP contribution < -0.4 is 10.2 Å². The SMILES string of the molecule is c1nc2c(c(N3CCN4CCCC4C3)n1)CNCC2. The first-order valence-electron chi connectivity index (χ1n) is 7.44. The molecule has 5 nitrogen and oxygen atoms in total. The molecular weight excluding hydrogens is 238 g/mol. The second kappa shape index (κ2) is 4.72. The molecule has 19 heavy (non-hydrogen) atoms. The fourth-order valence-corrected chi connectivity index (χ4v) is 3.71. The lowest BCUT2D eigenvalue weighted by Crippen LogP contribution is -2.51. The summed E-state index contributed by atoms with van der Waals surface area (Å²) >= 11 is 0. The van der Waals surface area contributed by atoms with Gasteiger partial charge in [0.15, 0.2) is 0 Å². The predicted octanol–water partition coefficient (Wildman–Crippen LogP) is 0.407. The average molecular weight is 259 g/mol. The quantitative estimate of drug-likeness (QED) is 0.791. The second-order valence-electron chi connectivity index (χ2n) is 5.83. The summed E-state index contributed by atoms with van der Waals surface area (Å²) < 4.78 is 0. The molecular formula is C14H21N5. The largest absolute Gasteiger partial charge is 0.353 e.